The average Bonchev–Trinajstić information content (AvgIpc) is 2.30. The number of anilines is 1. The monoisotopic (exact) mass is 246 g/mol. The zero-order valence-electron chi connectivity index (χ0n) is 11.0. The van der Waals surface area contributed by atoms with Gasteiger partial charge in [-0.05, 0) is 38.5 Å². The molecule has 0 aliphatic rings. The number of rotatable bonds is 5. The first-order valence-electron chi connectivity index (χ1n) is 5.98. The number of hydrogen-bond donors (Lipinski definition) is 0. The maximum atomic E-state index is 11.3. The summed E-state index contributed by atoms with van der Waals surface area (Å²) in [5.74, 6) is -0.490. The van der Waals surface area contributed by atoms with E-state index in [4.69, 9.17) is 10.00 Å². The highest BCUT2D eigenvalue weighted by atomic mass is 16.6. The van der Waals surface area contributed by atoms with Crippen LogP contribution in [0.4, 0.5) is 5.69 Å². The molecule has 1 rings (SSSR count). The lowest BCUT2D eigenvalue weighted by molar-refractivity contribution is -0.146. The van der Waals surface area contributed by atoms with Crippen molar-refractivity contribution in [1.82, 2.24) is 0 Å². The zero-order chi connectivity index (χ0) is 13.5. The van der Waals surface area contributed by atoms with Crippen LogP contribution in [-0.4, -0.2) is 18.7 Å². The van der Waals surface area contributed by atoms with E-state index in [9.17, 15) is 4.79 Å². The van der Waals surface area contributed by atoms with Gasteiger partial charge in [-0.25, -0.2) is 0 Å². The minimum absolute atomic E-state index is 0.213. The molecule has 96 valence electrons. The molecule has 0 N–H and O–H groups in total. The van der Waals surface area contributed by atoms with Crippen molar-refractivity contribution in [2.45, 2.75) is 33.4 Å². The number of esters is 1. The highest BCUT2D eigenvalue weighted by Gasteiger charge is 2.16. The summed E-state index contributed by atoms with van der Waals surface area (Å²) in [6.45, 7) is 6.55. The molecule has 0 aliphatic heterocycles. The minimum atomic E-state index is -0.490. The Morgan fingerprint density at radius 1 is 1.56 bits per heavy atom. The molecular formula is C14H18N2O2. The third-order valence-corrected chi connectivity index (χ3v) is 2.64. The number of nitrogens with zero attached hydrogens (tertiary/aromatic N) is 2. The first-order chi connectivity index (χ1) is 8.58. The Bertz CT molecular complexity index is 451. The van der Waals surface area contributed by atoms with E-state index in [0.717, 1.165) is 17.8 Å². The third-order valence-electron chi connectivity index (χ3n) is 2.64. The summed E-state index contributed by atoms with van der Waals surface area (Å²) in [7, 11) is 0. The van der Waals surface area contributed by atoms with Crippen LogP contribution in [0.25, 0.3) is 0 Å². The number of aryl methyl sites for hydroxylation is 1. The lowest BCUT2D eigenvalue weighted by Crippen LogP contribution is -2.36. The van der Waals surface area contributed by atoms with Crippen molar-refractivity contribution in [2.75, 3.05) is 11.4 Å². The minimum Gasteiger partial charge on any atom is -0.441 e. The fourth-order valence-electron chi connectivity index (χ4n) is 1.82. The molecule has 0 bridgehead atoms. The second kappa shape index (κ2) is 6.65. The maximum Gasteiger partial charge on any atom is 0.322 e. The Labute approximate surface area is 108 Å². The summed E-state index contributed by atoms with van der Waals surface area (Å²) in [6, 6.07) is 9.79. The van der Waals surface area contributed by atoms with E-state index < -0.39 is 5.97 Å². The summed E-state index contributed by atoms with van der Waals surface area (Å²) in [4.78, 5) is 13.3. The standard InChI is InChI=1S/C14H18N2O2/c1-4-16(12(3)18-14(17)8-9-15)13-7-5-6-11(2)10-13/h5-7,10,12H,4,8H2,1-3H3. The van der Waals surface area contributed by atoms with E-state index in [1.54, 1.807) is 13.0 Å². The van der Waals surface area contributed by atoms with E-state index in [-0.39, 0.29) is 12.6 Å². The second-order valence-corrected chi connectivity index (χ2v) is 4.05. The number of carbonyl (C=O) groups is 1. The molecule has 0 saturated heterocycles. The highest BCUT2D eigenvalue weighted by molar-refractivity contribution is 5.72. The number of ether oxygens (including phenoxy) is 1. The summed E-state index contributed by atoms with van der Waals surface area (Å²) < 4.78 is 5.20. The van der Waals surface area contributed by atoms with Gasteiger partial charge in [0.15, 0.2) is 6.23 Å². The predicted molar refractivity (Wildman–Crippen MR) is 70.0 cm³/mol. The molecule has 0 aromatic heterocycles. The Morgan fingerprint density at radius 2 is 2.28 bits per heavy atom. The summed E-state index contributed by atoms with van der Waals surface area (Å²) in [5.41, 5.74) is 2.16. The molecule has 0 amide bonds. The first kappa shape index (κ1) is 14.0. The lowest BCUT2D eigenvalue weighted by Gasteiger charge is -2.29. The van der Waals surface area contributed by atoms with Gasteiger partial charge < -0.3 is 9.64 Å². The molecular weight excluding hydrogens is 228 g/mol. The molecule has 0 heterocycles. The average molecular weight is 246 g/mol. The zero-order valence-corrected chi connectivity index (χ0v) is 11.0. The fourth-order valence-corrected chi connectivity index (χ4v) is 1.82. The molecule has 1 aromatic rings. The molecule has 4 heteroatoms. The van der Waals surface area contributed by atoms with Crippen molar-refractivity contribution in [1.29, 1.82) is 5.26 Å². The highest BCUT2D eigenvalue weighted by Crippen LogP contribution is 2.19. The SMILES string of the molecule is CCN(c1cccc(C)c1)C(C)OC(=O)CC#N. The van der Waals surface area contributed by atoms with Gasteiger partial charge in [0.1, 0.15) is 6.42 Å². The molecule has 0 radical (unpaired) electrons. The molecule has 18 heavy (non-hydrogen) atoms. The van der Waals surface area contributed by atoms with Gasteiger partial charge in [-0.2, -0.15) is 5.26 Å². The van der Waals surface area contributed by atoms with Crippen LogP contribution in [0.1, 0.15) is 25.8 Å². The molecule has 1 unspecified atom stereocenters. The Morgan fingerprint density at radius 3 is 2.83 bits per heavy atom. The first-order valence-corrected chi connectivity index (χ1v) is 5.98. The number of nitriles is 1. The van der Waals surface area contributed by atoms with Crippen molar-refractivity contribution in [3.8, 4) is 6.07 Å². The number of hydrogen-bond acceptors (Lipinski definition) is 4. The smallest absolute Gasteiger partial charge is 0.322 e. The molecule has 0 aliphatic carbocycles. The van der Waals surface area contributed by atoms with E-state index >= 15 is 0 Å². The van der Waals surface area contributed by atoms with E-state index in [1.807, 2.05) is 43.0 Å². The second-order valence-electron chi connectivity index (χ2n) is 4.05. The molecule has 0 fully saturated rings. The predicted octanol–water partition coefficient (Wildman–Crippen LogP) is 2.62. The van der Waals surface area contributed by atoms with Crippen molar-refractivity contribution < 1.29 is 9.53 Å². The molecule has 4 nitrogen and oxygen atoms in total. The summed E-state index contributed by atoms with van der Waals surface area (Å²) in [5, 5.41) is 8.43. The molecule has 0 spiro atoms. The topological polar surface area (TPSA) is 53.3 Å². The van der Waals surface area contributed by atoms with Gasteiger partial charge in [-0.1, -0.05) is 12.1 Å². The largest absolute Gasteiger partial charge is 0.441 e. The number of carbonyl (C=O) groups excluding carboxylic acids is 1. The molecule has 1 aromatic carbocycles. The van der Waals surface area contributed by atoms with E-state index in [0.29, 0.717) is 0 Å². The van der Waals surface area contributed by atoms with Crippen LogP contribution in [0.5, 0.6) is 0 Å². The molecule has 0 saturated carbocycles. The van der Waals surface area contributed by atoms with Gasteiger partial charge in [0, 0.05) is 12.2 Å². The Hall–Kier alpha value is -2.02. The van der Waals surface area contributed by atoms with E-state index in [1.165, 1.54) is 0 Å². The molecule has 1 atom stereocenters. The van der Waals surface area contributed by atoms with Gasteiger partial charge in [0.2, 0.25) is 0 Å². The van der Waals surface area contributed by atoms with Crippen LogP contribution in [0.15, 0.2) is 24.3 Å². The lowest BCUT2D eigenvalue weighted by atomic mass is 10.2. The maximum absolute atomic E-state index is 11.3. The van der Waals surface area contributed by atoms with E-state index in [2.05, 4.69) is 0 Å². The van der Waals surface area contributed by atoms with Crippen LogP contribution in [0.3, 0.4) is 0 Å². The third kappa shape index (κ3) is 3.77. The van der Waals surface area contributed by atoms with Crippen LogP contribution < -0.4 is 4.90 Å². The van der Waals surface area contributed by atoms with Crippen molar-refractivity contribution in [2.24, 2.45) is 0 Å². The van der Waals surface area contributed by atoms with Gasteiger partial charge in [-0.15, -0.1) is 0 Å². The van der Waals surface area contributed by atoms with Crippen LogP contribution in [0, 0.1) is 18.3 Å². The summed E-state index contributed by atoms with van der Waals surface area (Å²) in [6.07, 6.45) is -0.590. The van der Waals surface area contributed by atoms with Crippen molar-refractivity contribution >= 4 is 11.7 Å². The van der Waals surface area contributed by atoms with Gasteiger partial charge >= 0.3 is 5.97 Å². The van der Waals surface area contributed by atoms with Crippen LogP contribution in [0.2, 0.25) is 0 Å². The van der Waals surface area contributed by atoms with Crippen molar-refractivity contribution in [3.63, 3.8) is 0 Å². The van der Waals surface area contributed by atoms with Gasteiger partial charge in [0.05, 0.1) is 6.07 Å². The Kier molecular flexibility index (Phi) is 5.19. The fraction of sp³-hybridized carbons (Fsp3) is 0.429. The van der Waals surface area contributed by atoms with Gasteiger partial charge in [0.25, 0.3) is 0 Å². The Balaban J connectivity index is 2.77. The quantitative estimate of drug-likeness (QED) is 0.592. The normalized spacial score (nSPS) is 11.4. The van der Waals surface area contributed by atoms with Crippen LogP contribution >= 0.6 is 0 Å². The van der Waals surface area contributed by atoms with Crippen LogP contribution in [-0.2, 0) is 9.53 Å². The van der Waals surface area contributed by atoms with Gasteiger partial charge in [-0.3, -0.25) is 4.79 Å². The van der Waals surface area contributed by atoms with Crippen molar-refractivity contribution in [3.05, 3.63) is 29.8 Å². The summed E-state index contributed by atoms with van der Waals surface area (Å²) >= 11 is 0. The number of benzene rings is 1.